The molecule has 0 aliphatic heterocycles. The minimum Gasteiger partial charge on any atom is -0.480 e. The van der Waals surface area contributed by atoms with Crippen molar-refractivity contribution in [2.24, 2.45) is 0 Å². The normalized spacial score (nSPS) is 11.1. The van der Waals surface area contributed by atoms with Crippen LogP contribution in [-0.2, 0) is 9.53 Å². The van der Waals surface area contributed by atoms with Gasteiger partial charge in [0.25, 0.3) is 0 Å². The Morgan fingerprint density at radius 3 is 2.08 bits per heavy atom. The predicted octanol–water partition coefficient (Wildman–Crippen LogP) is 2.37. The number of carboxylic acids is 2. The Kier molecular flexibility index (Phi) is 8.65. The molecule has 1 amide bonds. The van der Waals surface area contributed by atoms with Gasteiger partial charge in [-0.3, -0.25) is 0 Å². The van der Waals surface area contributed by atoms with Gasteiger partial charge in [0.15, 0.2) is 0 Å². The highest BCUT2D eigenvalue weighted by Crippen LogP contribution is 2.07. The van der Waals surface area contributed by atoms with Crippen molar-refractivity contribution in [2.75, 3.05) is 0 Å². The van der Waals surface area contributed by atoms with Gasteiger partial charge >= 0.3 is 18.0 Å². The fraction of sp³-hybridized carbons (Fsp3) is 0.353. The van der Waals surface area contributed by atoms with Gasteiger partial charge < -0.3 is 20.3 Å². The molecule has 0 fully saturated rings. The summed E-state index contributed by atoms with van der Waals surface area (Å²) in [5.74, 6) is 0.105. The number of ether oxygens (including phenoxy) is 1. The van der Waals surface area contributed by atoms with Crippen LogP contribution in [-0.4, -0.2) is 39.9 Å². The number of rotatable bonds is 4. The van der Waals surface area contributed by atoms with Crippen molar-refractivity contribution in [1.29, 1.82) is 0 Å². The molecule has 0 aliphatic carbocycles. The van der Waals surface area contributed by atoms with E-state index in [9.17, 15) is 14.4 Å². The molecule has 1 aromatic carbocycles. The Labute approximate surface area is 140 Å². The van der Waals surface area contributed by atoms with E-state index in [0.717, 1.165) is 0 Å². The van der Waals surface area contributed by atoms with Crippen LogP contribution in [0.3, 0.4) is 0 Å². The number of hydrogen-bond acceptors (Lipinski definition) is 4. The van der Waals surface area contributed by atoms with Gasteiger partial charge in [-0.05, 0) is 32.9 Å². The van der Waals surface area contributed by atoms with Crippen molar-refractivity contribution in [3.8, 4) is 12.3 Å². The summed E-state index contributed by atoms with van der Waals surface area (Å²) < 4.78 is 4.88. The molecule has 1 atom stereocenters. The molecular weight excluding hydrogens is 314 g/mol. The monoisotopic (exact) mass is 335 g/mol. The molecule has 0 unspecified atom stereocenters. The number of aromatic carboxylic acids is 1. The Morgan fingerprint density at radius 1 is 1.21 bits per heavy atom. The first-order valence-corrected chi connectivity index (χ1v) is 7.01. The zero-order chi connectivity index (χ0) is 18.8. The maximum atomic E-state index is 11.2. The van der Waals surface area contributed by atoms with E-state index in [-0.39, 0.29) is 6.42 Å². The summed E-state index contributed by atoms with van der Waals surface area (Å²) in [6, 6.07) is 7.19. The average Bonchev–Trinajstić information content (AvgIpc) is 2.46. The van der Waals surface area contributed by atoms with Crippen molar-refractivity contribution in [1.82, 2.24) is 5.32 Å². The Hall–Kier alpha value is -3.01. The van der Waals surface area contributed by atoms with Crippen LogP contribution in [0.15, 0.2) is 30.3 Å². The van der Waals surface area contributed by atoms with E-state index in [1.807, 2.05) is 0 Å². The number of carbonyl (C=O) groups excluding carboxylic acids is 1. The van der Waals surface area contributed by atoms with Crippen LogP contribution in [0, 0.1) is 12.3 Å². The highest BCUT2D eigenvalue weighted by molar-refractivity contribution is 5.87. The molecule has 0 aromatic heterocycles. The number of alkyl carbamates (subject to hydrolysis) is 1. The number of benzene rings is 1. The number of carboxylic acid groups (broad SMARTS) is 2. The maximum absolute atomic E-state index is 11.2. The quantitative estimate of drug-likeness (QED) is 0.728. The van der Waals surface area contributed by atoms with Crippen molar-refractivity contribution < 1.29 is 29.3 Å². The Morgan fingerprint density at radius 2 is 1.75 bits per heavy atom. The fourth-order valence-electron chi connectivity index (χ4n) is 1.35. The minimum atomic E-state index is -1.18. The second-order valence-electron chi connectivity index (χ2n) is 5.62. The predicted molar refractivity (Wildman–Crippen MR) is 87.6 cm³/mol. The fourth-order valence-corrected chi connectivity index (χ4v) is 1.35. The standard InChI is InChI=1S/C10H15NO4.C7H6O2/c1-5-6-7(8(12)13)11-9(14)15-10(2,3)4;8-7(9)6-4-2-1-3-5-6/h1,7H,6H2,2-4H3,(H,11,14)(H,12,13);1-5H,(H,8,9)/t7-;/m0./s1. The van der Waals surface area contributed by atoms with E-state index in [1.165, 1.54) is 0 Å². The molecule has 0 heterocycles. The number of carbonyl (C=O) groups is 3. The highest BCUT2D eigenvalue weighted by Gasteiger charge is 2.22. The summed E-state index contributed by atoms with van der Waals surface area (Å²) in [6.45, 7) is 5.05. The summed E-state index contributed by atoms with van der Waals surface area (Å²) in [5, 5.41) is 19.2. The number of hydrogen-bond donors (Lipinski definition) is 3. The molecule has 130 valence electrons. The first-order valence-electron chi connectivity index (χ1n) is 7.01. The van der Waals surface area contributed by atoms with E-state index in [0.29, 0.717) is 5.56 Å². The largest absolute Gasteiger partial charge is 0.480 e. The van der Waals surface area contributed by atoms with Crippen LogP contribution in [0.5, 0.6) is 0 Å². The maximum Gasteiger partial charge on any atom is 0.408 e. The van der Waals surface area contributed by atoms with Crippen molar-refractivity contribution in [3.63, 3.8) is 0 Å². The molecule has 0 bridgehead atoms. The first-order chi connectivity index (χ1) is 11.1. The molecule has 0 radical (unpaired) electrons. The third-order valence-corrected chi connectivity index (χ3v) is 2.33. The van der Waals surface area contributed by atoms with Crippen LogP contribution in [0.2, 0.25) is 0 Å². The number of terminal acetylenes is 1. The van der Waals surface area contributed by atoms with Gasteiger partial charge in [0.05, 0.1) is 5.56 Å². The van der Waals surface area contributed by atoms with E-state index >= 15 is 0 Å². The summed E-state index contributed by atoms with van der Waals surface area (Å²) in [4.78, 5) is 32.0. The molecule has 3 N–H and O–H groups in total. The van der Waals surface area contributed by atoms with E-state index in [2.05, 4.69) is 11.2 Å². The van der Waals surface area contributed by atoms with Gasteiger partial charge in [-0.1, -0.05) is 18.2 Å². The zero-order valence-electron chi connectivity index (χ0n) is 13.8. The van der Waals surface area contributed by atoms with Crippen molar-refractivity contribution in [3.05, 3.63) is 35.9 Å². The van der Waals surface area contributed by atoms with Crippen LogP contribution >= 0.6 is 0 Å². The molecule has 7 nitrogen and oxygen atoms in total. The molecule has 1 aromatic rings. The first kappa shape index (κ1) is 21.0. The Bertz CT molecular complexity index is 598. The lowest BCUT2D eigenvalue weighted by atomic mass is 10.2. The SMILES string of the molecule is C#CC[C@H](NC(=O)OC(C)(C)C)C(=O)O.O=C(O)c1ccccc1. The van der Waals surface area contributed by atoms with Gasteiger partial charge in [0.2, 0.25) is 0 Å². The van der Waals surface area contributed by atoms with Gasteiger partial charge in [-0.15, -0.1) is 12.3 Å². The molecule has 0 saturated heterocycles. The average molecular weight is 335 g/mol. The van der Waals surface area contributed by atoms with E-state index < -0.39 is 29.7 Å². The number of nitrogens with one attached hydrogen (secondary N) is 1. The smallest absolute Gasteiger partial charge is 0.408 e. The summed E-state index contributed by atoms with van der Waals surface area (Å²) >= 11 is 0. The lowest BCUT2D eigenvalue weighted by molar-refractivity contribution is -0.139. The Balaban J connectivity index is 0.000000496. The summed E-state index contributed by atoms with van der Waals surface area (Å²) in [7, 11) is 0. The topological polar surface area (TPSA) is 113 Å². The number of aliphatic carboxylic acids is 1. The number of amides is 1. The van der Waals surface area contributed by atoms with Crippen molar-refractivity contribution in [2.45, 2.75) is 38.8 Å². The van der Waals surface area contributed by atoms with Crippen LogP contribution < -0.4 is 5.32 Å². The summed E-state index contributed by atoms with van der Waals surface area (Å²) in [6.07, 6.45) is 4.10. The second-order valence-corrected chi connectivity index (χ2v) is 5.62. The lowest BCUT2D eigenvalue weighted by Gasteiger charge is -2.21. The van der Waals surface area contributed by atoms with Crippen LogP contribution in [0.1, 0.15) is 37.6 Å². The molecule has 0 aliphatic rings. The van der Waals surface area contributed by atoms with Gasteiger partial charge in [-0.2, -0.15) is 0 Å². The minimum absolute atomic E-state index is 0.0748. The third kappa shape index (κ3) is 9.84. The van der Waals surface area contributed by atoms with Crippen LogP contribution in [0.25, 0.3) is 0 Å². The molecule has 7 heteroatoms. The highest BCUT2D eigenvalue weighted by atomic mass is 16.6. The summed E-state index contributed by atoms with van der Waals surface area (Å²) in [5.41, 5.74) is -0.332. The second kappa shape index (κ2) is 9.90. The van der Waals surface area contributed by atoms with E-state index in [1.54, 1.807) is 51.1 Å². The molecule has 0 spiro atoms. The molecular formula is C17H21NO6. The van der Waals surface area contributed by atoms with Crippen LogP contribution in [0.4, 0.5) is 4.79 Å². The third-order valence-electron chi connectivity index (χ3n) is 2.33. The molecule has 0 saturated carbocycles. The van der Waals surface area contributed by atoms with E-state index in [4.69, 9.17) is 21.4 Å². The zero-order valence-corrected chi connectivity index (χ0v) is 13.8. The van der Waals surface area contributed by atoms with Gasteiger partial charge in [-0.25, -0.2) is 14.4 Å². The lowest BCUT2D eigenvalue weighted by Crippen LogP contribution is -2.43. The molecule has 1 rings (SSSR count). The van der Waals surface area contributed by atoms with Gasteiger partial charge in [0.1, 0.15) is 11.6 Å². The van der Waals surface area contributed by atoms with Gasteiger partial charge in [0, 0.05) is 6.42 Å². The van der Waals surface area contributed by atoms with Crippen molar-refractivity contribution >= 4 is 18.0 Å². The molecule has 24 heavy (non-hydrogen) atoms.